The largest absolute Gasteiger partial charge is 0.493 e. The lowest BCUT2D eigenvalue weighted by molar-refractivity contribution is 0.138. The number of ether oxygens (including phenoxy) is 3. The van der Waals surface area contributed by atoms with Gasteiger partial charge in [-0.25, -0.2) is 0 Å². The fourth-order valence-electron chi connectivity index (χ4n) is 3.33. The van der Waals surface area contributed by atoms with E-state index in [2.05, 4.69) is 0 Å². The Balaban J connectivity index is 1.89. The highest BCUT2D eigenvalue weighted by molar-refractivity contribution is 6.30. The molecule has 2 aliphatic rings. The molecular weight excluding hydrogens is 406 g/mol. The number of benzene rings is 1. The van der Waals surface area contributed by atoms with Crippen molar-refractivity contribution < 1.29 is 23.7 Å². The maximum atomic E-state index is 10.9. The Morgan fingerprint density at radius 1 is 1.10 bits per heavy atom. The summed E-state index contributed by atoms with van der Waals surface area (Å²) < 4.78 is 22.8. The molecular formula is C23H28ClNO5. The molecule has 0 saturated carbocycles. The SMILES string of the molecule is COc1coc(C(O)CCc2ccc(Cl)cc2)c2c(OC)c(OCCN(C)C)cc1-2. The first kappa shape index (κ1) is 22.3. The van der Waals surface area contributed by atoms with Gasteiger partial charge in [0.2, 0.25) is 0 Å². The fourth-order valence-corrected chi connectivity index (χ4v) is 3.46. The Morgan fingerprint density at radius 3 is 2.47 bits per heavy atom. The maximum absolute atomic E-state index is 10.9. The van der Waals surface area contributed by atoms with E-state index in [4.69, 9.17) is 30.2 Å². The molecule has 1 unspecified atom stereocenters. The van der Waals surface area contributed by atoms with Gasteiger partial charge in [0.1, 0.15) is 24.7 Å². The van der Waals surface area contributed by atoms with Crippen molar-refractivity contribution in [3.8, 4) is 28.4 Å². The fraction of sp³-hybridized carbons (Fsp3) is 0.391. The summed E-state index contributed by atoms with van der Waals surface area (Å²) in [4.78, 5) is 2.04. The molecule has 7 heteroatoms. The number of likely N-dealkylation sites (N-methyl/N-ethyl adjacent to an activating group) is 1. The van der Waals surface area contributed by atoms with Crippen LogP contribution in [-0.2, 0) is 6.42 Å². The van der Waals surface area contributed by atoms with Crippen LogP contribution in [0, 0.1) is 0 Å². The van der Waals surface area contributed by atoms with Crippen molar-refractivity contribution in [3.63, 3.8) is 0 Å². The van der Waals surface area contributed by atoms with Gasteiger partial charge in [-0.3, -0.25) is 0 Å². The van der Waals surface area contributed by atoms with Gasteiger partial charge in [-0.2, -0.15) is 0 Å². The standard InChI is InChI=1S/C23H28ClNO5/c1-25(2)11-12-29-19-13-17-20(27-3)14-30-22(21(17)23(19)28-4)18(26)10-7-15-5-8-16(24)9-6-15/h5-6,8-9,13-14,18,26H,7,10-12H2,1-4H3. The molecule has 6 nitrogen and oxygen atoms in total. The molecule has 1 N–H and O–H groups in total. The third-order valence-corrected chi connectivity index (χ3v) is 5.19. The summed E-state index contributed by atoms with van der Waals surface area (Å²) in [5.74, 6) is 2.12. The minimum Gasteiger partial charge on any atom is -0.493 e. The minimum atomic E-state index is -0.819. The van der Waals surface area contributed by atoms with Crippen molar-refractivity contribution in [2.45, 2.75) is 18.9 Å². The van der Waals surface area contributed by atoms with Crippen molar-refractivity contribution in [1.29, 1.82) is 0 Å². The summed E-state index contributed by atoms with van der Waals surface area (Å²) in [5, 5.41) is 11.6. The summed E-state index contributed by atoms with van der Waals surface area (Å²) in [6.07, 6.45) is 1.85. The second kappa shape index (κ2) is 10.1. The molecule has 0 spiro atoms. The molecule has 1 aliphatic heterocycles. The number of nitrogens with zero attached hydrogens (tertiary/aromatic N) is 1. The molecule has 0 radical (unpaired) electrons. The topological polar surface area (TPSA) is 64.3 Å². The summed E-state index contributed by atoms with van der Waals surface area (Å²) in [5.41, 5.74) is 2.53. The number of hydrogen-bond donors (Lipinski definition) is 1. The lowest BCUT2D eigenvalue weighted by Crippen LogP contribution is -2.19. The number of aliphatic hydroxyl groups excluding tert-OH is 1. The zero-order valence-electron chi connectivity index (χ0n) is 17.8. The summed E-state index contributed by atoms with van der Waals surface area (Å²) in [7, 11) is 7.13. The molecule has 1 aliphatic carbocycles. The van der Waals surface area contributed by atoms with Crippen LogP contribution in [0.5, 0.6) is 17.2 Å². The van der Waals surface area contributed by atoms with E-state index in [9.17, 15) is 5.11 Å². The van der Waals surface area contributed by atoms with Gasteiger partial charge in [-0.1, -0.05) is 23.7 Å². The van der Waals surface area contributed by atoms with Crippen LogP contribution in [0.2, 0.25) is 5.02 Å². The Labute approximate surface area is 182 Å². The Hall–Kier alpha value is -2.41. The van der Waals surface area contributed by atoms with Gasteiger partial charge in [-0.15, -0.1) is 0 Å². The third-order valence-electron chi connectivity index (χ3n) is 4.94. The average Bonchev–Trinajstić information content (AvgIpc) is 3.10. The Bertz CT molecular complexity index is 922. The quantitative estimate of drug-likeness (QED) is 0.501. The van der Waals surface area contributed by atoms with Crippen LogP contribution in [0.15, 0.2) is 41.0 Å². The van der Waals surface area contributed by atoms with E-state index in [1.165, 1.54) is 6.26 Å². The molecule has 1 aromatic rings. The first-order chi connectivity index (χ1) is 14.4. The molecule has 0 bridgehead atoms. The second-order valence-corrected chi connectivity index (χ2v) is 7.77. The zero-order chi connectivity index (χ0) is 21.7. The minimum absolute atomic E-state index is 0.430. The molecule has 30 heavy (non-hydrogen) atoms. The lowest BCUT2D eigenvalue weighted by atomic mass is 10.00. The van der Waals surface area contributed by atoms with Crippen LogP contribution in [-0.4, -0.2) is 51.5 Å². The number of rotatable bonds is 10. The van der Waals surface area contributed by atoms with Crippen LogP contribution in [0.3, 0.4) is 0 Å². The molecule has 1 atom stereocenters. The smallest absolute Gasteiger partial charge is 0.172 e. The summed E-state index contributed by atoms with van der Waals surface area (Å²) >= 11 is 5.95. The molecule has 1 heterocycles. The van der Waals surface area contributed by atoms with Gasteiger partial charge in [-0.05, 0) is 50.7 Å². The van der Waals surface area contributed by atoms with Gasteiger partial charge in [0.25, 0.3) is 0 Å². The second-order valence-electron chi connectivity index (χ2n) is 7.33. The molecule has 1 aromatic carbocycles. The zero-order valence-corrected chi connectivity index (χ0v) is 18.5. The molecule has 0 fully saturated rings. The highest BCUT2D eigenvalue weighted by Gasteiger charge is 2.30. The van der Waals surface area contributed by atoms with E-state index < -0.39 is 6.10 Å². The number of fused-ring (bicyclic) bond motifs is 1. The molecule has 0 amide bonds. The Morgan fingerprint density at radius 2 is 1.83 bits per heavy atom. The van der Waals surface area contributed by atoms with Gasteiger partial charge in [0.05, 0.1) is 19.8 Å². The van der Waals surface area contributed by atoms with Crippen LogP contribution in [0.1, 0.15) is 23.8 Å². The van der Waals surface area contributed by atoms with E-state index in [1.54, 1.807) is 14.2 Å². The highest BCUT2D eigenvalue weighted by Crippen LogP contribution is 2.51. The van der Waals surface area contributed by atoms with Crippen molar-refractivity contribution in [3.05, 3.63) is 52.9 Å². The number of aliphatic hydroxyl groups is 1. The number of methoxy groups -OCH3 is 2. The monoisotopic (exact) mass is 433 g/mol. The number of halogens is 1. The number of aryl methyl sites for hydroxylation is 1. The number of hydrogen-bond acceptors (Lipinski definition) is 6. The van der Waals surface area contributed by atoms with Crippen LogP contribution < -0.4 is 14.2 Å². The van der Waals surface area contributed by atoms with E-state index in [-0.39, 0.29) is 0 Å². The molecule has 0 saturated heterocycles. The van der Waals surface area contributed by atoms with Crippen molar-refractivity contribution in [2.75, 3.05) is 41.5 Å². The highest BCUT2D eigenvalue weighted by atomic mass is 35.5. The van der Waals surface area contributed by atoms with E-state index in [0.29, 0.717) is 53.0 Å². The predicted octanol–water partition coefficient (Wildman–Crippen LogP) is 4.66. The predicted molar refractivity (Wildman–Crippen MR) is 117 cm³/mol. The van der Waals surface area contributed by atoms with E-state index >= 15 is 0 Å². The van der Waals surface area contributed by atoms with Gasteiger partial charge < -0.3 is 28.6 Å². The van der Waals surface area contributed by atoms with Gasteiger partial charge in [0, 0.05) is 17.1 Å². The van der Waals surface area contributed by atoms with Crippen molar-refractivity contribution in [2.24, 2.45) is 0 Å². The first-order valence-electron chi connectivity index (χ1n) is 9.80. The van der Waals surface area contributed by atoms with Crippen LogP contribution >= 0.6 is 11.6 Å². The van der Waals surface area contributed by atoms with E-state index in [0.717, 1.165) is 17.7 Å². The molecule has 3 rings (SSSR count). The third kappa shape index (κ3) is 5.01. The average molecular weight is 434 g/mol. The first-order valence-corrected chi connectivity index (χ1v) is 10.2. The van der Waals surface area contributed by atoms with Crippen LogP contribution in [0.4, 0.5) is 0 Å². The Kier molecular flexibility index (Phi) is 7.48. The van der Waals surface area contributed by atoms with E-state index in [1.807, 2.05) is 49.3 Å². The van der Waals surface area contributed by atoms with Crippen LogP contribution in [0.25, 0.3) is 11.1 Å². The summed E-state index contributed by atoms with van der Waals surface area (Å²) in [6.45, 7) is 1.27. The van der Waals surface area contributed by atoms with Gasteiger partial charge >= 0.3 is 0 Å². The normalized spacial score (nSPS) is 12.4. The molecule has 162 valence electrons. The van der Waals surface area contributed by atoms with Gasteiger partial charge in [0.15, 0.2) is 17.2 Å². The lowest BCUT2D eigenvalue weighted by Gasteiger charge is -2.17. The maximum Gasteiger partial charge on any atom is 0.172 e. The molecule has 0 aromatic heterocycles. The summed E-state index contributed by atoms with van der Waals surface area (Å²) in [6, 6.07) is 9.46. The van der Waals surface area contributed by atoms with Crippen molar-refractivity contribution >= 4 is 11.6 Å². The van der Waals surface area contributed by atoms with Crippen molar-refractivity contribution in [1.82, 2.24) is 4.90 Å².